The lowest BCUT2D eigenvalue weighted by molar-refractivity contribution is 0.0702. The van der Waals surface area contributed by atoms with Crippen molar-refractivity contribution in [2.45, 2.75) is 0 Å². The molecule has 1 aliphatic rings. The van der Waals surface area contributed by atoms with Gasteiger partial charge in [-0.15, -0.1) is 0 Å². The lowest BCUT2D eigenvalue weighted by Crippen LogP contribution is -2.43. The zero-order valence-electron chi connectivity index (χ0n) is 7.27. The molecule has 1 amide bonds. The fourth-order valence-corrected chi connectivity index (χ4v) is 1.37. The molecule has 0 unspecified atom stereocenters. The Morgan fingerprint density at radius 2 is 2.23 bits per heavy atom. The summed E-state index contributed by atoms with van der Waals surface area (Å²) < 4.78 is 5.03. The van der Waals surface area contributed by atoms with Crippen LogP contribution in [0.15, 0.2) is 22.8 Å². The molecule has 1 radical (unpaired) electrons. The van der Waals surface area contributed by atoms with Gasteiger partial charge in [0.1, 0.15) is 0 Å². The summed E-state index contributed by atoms with van der Waals surface area (Å²) in [4.78, 5) is 13.4. The van der Waals surface area contributed by atoms with Crippen molar-refractivity contribution in [3.63, 3.8) is 0 Å². The number of hydrogen-bond acceptors (Lipinski definition) is 2. The Morgan fingerprint density at radius 1 is 1.46 bits per heavy atom. The van der Waals surface area contributed by atoms with Gasteiger partial charge >= 0.3 is 0 Å². The van der Waals surface area contributed by atoms with Gasteiger partial charge in [0.05, 0.1) is 6.26 Å². The van der Waals surface area contributed by atoms with Crippen LogP contribution in [0.2, 0.25) is 0 Å². The molecule has 0 spiro atoms. The minimum absolute atomic E-state index is 0.0279. The molecule has 0 saturated carbocycles. The number of nitrogens with zero attached hydrogens (tertiary/aromatic N) is 2. The number of amides is 1. The van der Waals surface area contributed by atoms with Crippen LogP contribution in [-0.2, 0) is 0 Å². The van der Waals surface area contributed by atoms with Gasteiger partial charge in [-0.05, 0) is 12.1 Å². The molecule has 2 rings (SSSR count). The van der Waals surface area contributed by atoms with E-state index < -0.39 is 0 Å². The van der Waals surface area contributed by atoms with E-state index in [1.54, 1.807) is 17.0 Å². The van der Waals surface area contributed by atoms with Crippen molar-refractivity contribution < 1.29 is 9.21 Å². The highest BCUT2D eigenvalue weighted by Gasteiger charge is 2.19. The van der Waals surface area contributed by atoms with Crippen molar-refractivity contribution in [3.05, 3.63) is 24.2 Å². The number of carbonyl (C=O) groups is 1. The molecule has 0 aliphatic carbocycles. The number of furan rings is 1. The van der Waals surface area contributed by atoms with Crippen LogP contribution in [0.3, 0.4) is 0 Å². The van der Waals surface area contributed by atoms with E-state index in [-0.39, 0.29) is 5.91 Å². The Hall–Kier alpha value is -1.29. The van der Waals surface area contributed by atoms with Crippen molar-refractivity contribution in [3.8, 4) is 0 Å². The molecule has 2 heterocycles. The molecule has 1 aromatic heterocycles. The van der Waals surface area contributed by atoms with Crippen LogP contribution in [-0.4, -0.2) is 37.0 Å². The minimum atomic E-state index is -0.0279. The second-order valence-electron chi connectivity index (χ2n) is 2.94. The van der Waals surface area contributed by atoms with E-state index in [0.717, 1.165) is 13.1 Å². The van der Waals surface area contributed by atoms with Crippen LogP contribution >= 0.6 is 0 Å². The Labute approximate surface area is 76.5 Å². The highest BCUT2D eigenvalue weighted by Crippen LogP contribution is 2.06. The predicted octanol–water partition coefficient (Wildman–Crippen LogP) is 0.340. The molecule has 0 bridgehead atoms. The van der Waals surface area contributed by atoms with Crippen LogP contribution in [0.5, 0.6) is 0 Å². The summed E-state index contributed by atoms with van der Waals surface area (Å²) in [6.07, 6.45) is 1.52. The monoisotopic (exact) mass is 179 g/mol. The van der Waals surface area contributed by atoms with E-state index in [0.29, 0.717) is 18.8 Å². The highest BCUT2D eigenvalue weighted by atomic mass is 16.3. The summed E-state index contributed by atoms with van der Waals surface area (Å²) in [6.45, 7) is 2.90. The lowest BCUT2D eigenvalue weighted by Gasteiger charge is -2.25. The molecule has 4 nitrogen and oxygen atoms in total. The van der Waals surface area contributed by atoms with Crippen molar-refractivity contribution in [2.24, 2.45) is 0 Å². The molecule has 0 atom stereocenters. The summed E-state index contributed by atoms with van der Waals surface area (Å²) in [5, 5.41) is 4.17. The molecule has 1 aromatic rings. The van der Waals surface area contributed by atoms with Crippen LogP contribution in [0, 0.1) is 0 Å². The molecule has 0 aromatic carbocycles. The fraction of sp³-hybridized carbons (Fsp3) is 0.444. The average molecular weight is 179 g/mol. The van der Waals surface area contributed by atoms with E-state index in [9.17, 15) is 4.79 Å². The number of carbonyl (C=O) groups excluding carboxylic acids is 1. The first-order valence-corrected chi connectivity index (χ1v) is 4.34. The molecule has 1 saturated heterocycles. The zero-order valence-corrected chi connectivity index (χ0v) is 7.27. The first-order valence-electron chi connectivity index (χ1n) is 4.34. The minimum Gasteiger partial charge on any atom is -0.459 e. The zero-order chi connectivity index (χ0) is 9.10. The van der Waals surface area contributed by atoms with Crippen molar-refractivity contribution in [2.75, 3.05) is 26.2 Å². The van der Waals surface area contributed by atoms with Gasteiger partial charge in [0.15, 0.2) is 5.76 Å². The molecular formula is C9H11N2O2. The molecule has 1 fully saturated rings. The van der Waals surface area contributed by atoms with Crippen molar-refractivity contribution >= 4 is 5.91 Å². The maximum absolute atomic E-state index is 11.7. The Balaban J connectivity index is 2.04. The summed E-state index contributed by atoms with van der Waals surface area (Å²) in [5.41, 5.74) is 0. The van der Waals surface area contributed by atoms with E-state index in [2.05, 4.69) is 5.32 Å². The average Bonchev–Trinajstić information content (AvgIpc) is 2.71. The summed E-state index contributed by atoms with van der Waals surface area (Å²) in [5.74, 6) is 0.391. The second-order valence-corrected chi connectivity index (χ2v) is 2.94. The summed E-state index contributed by atoms with van der Waals surface area (Å²) in [7, 11) is 0. The molecular weight excluding hydrogens is 168 g/mol. The fourth-order valence-electron chi connectivity index (χ4n) is 1.37. The summed E-state index contributed by atoms with van der Waals surface area (Å²) in [6, 6.07) is 3.41. The van der Waals surface area contributed by atoms with Gasteiger partial charge in [-0.25, -0.2) is 5.32 Å². The topological polar surface area (TPSA) is 47.6 Å². The number of hydrogen-bond donors (Lipinski definition) is 0. The van der Waals surface area contributed by atoms with E-state index in [4.69, 9.17) is 4.42 Å². The molecule has 1 aliphatic heterocycles. The molecule has 69 valence electrons. The van der Waals surface area contributed by atoms with Crippen LogP contribution in [0.25, 0.3) is 0 Å². The summed E-state index contributed by atoms with van der Waals surface area (Å²) >= 11 is 0. The SMILES string of the molecule is O=C(c1ccco1)N1CC[N]CC1. The number of rotatable bonds is 1. The van der Waals surface area contributed by atoms with Gasteiger partial charge in [0.2, 0.25) is 0 Å². The van der Waals surface area contributed by atoms with Gasteiger partial charge < -0.3 is 9.32 Å². The Bertz CT molecular complexity index is 276. The molecule has 13 heavy (non-hydrogen) atoms. The third-order valence-corrected chi connectivity index (χ3v) is 2.08. The first-order chi connectivity index (χ1) is 6.38. The van der Waals surface area contributed by atoms with Crippen molar-refractivity contribution in [1.82, 2.24) is 10.2 Å². The molecule has 4 heteroatoms. The Kier molecular flexibility index (Phi) is 2.31. The standard InChI is InChI=1S/C9H11N2O2/c12-9(8-2-1-7-13-8)11-5-3-10-4-6-11/h1-2,7H,3-6H2. The second kappa shape index (κ2) is 3.62. The third-order valence-electron chi connectivity index (χ3n) is 2.08. The first kappa shape index (κ1) is 8.31. The largest absolute Gasteiger partial charge is 0.459 e. The van der Waals surface area contributed by atoms with Crippen LogP contribution in [0.4, 0.5) is 0 Å². The van der Waals surface area contributed by atoms with E-state index in [1.165, 1.54) is 6.26 Å². The van der Waals surface area contributed by atoms with Gasteiger partial charge in [-0.1, -0.05) is 0 Å². The smallest absolute Gasteiger partial charge is 0.289 e. The van der Waals surface area contributed by atoms with Gasteiger partial charge in [-0.2, -0.15) is 0 Å². The lowest BCUT2D eigenvalue weighted by atomic mass is 10.3. The van der Waals surface area contributed by atoms with Crippen LogP contribution in [0.1, 0.15) is 10.6 Å². The third kappa shape index (κ3) is 1.72. The van der Waals surface area contributed by atoms with Crippen LogP contribution < -0.4 is 5.32 Å². The van der Waals surface area contributed by atoms with E-state index in [1.807, 2.05) is 0 Å². The molecule has 0 N–H and O–H groups in total. The van der Waals surface area contributed by atoms with Gasteiger partial charge in [0.25, 0.3) is 5.91 Å². The highest BCUT2D eigenvalue weighted by molar-refractivity contribution is 5.91. The number of piperazine rings is 1. The van der Waals surface area contributed by atoms with Gasteiger partial charge in [-0.3, -0.25) is 4.79 Å². The predicted molar refractivity (Wildman–Crippen MR) is 46.5 cm³/mol. The Morgan fingerprint density at radius 3 is 2.85 bits per heavy atom. The van der Waals surface area contributed by atoms with Gasteiger partial charge in [0, 0.05) is 26.2 Å². The maximum Gasteiger partial charge on any atom is 0.289 e. The quantitative estimate of drug-likeness (QED) is 0.624. The maximum atomic E-state index is 11.7. The van der Waals surface area contributed by atoms with E-state index >= 15 is 0 Å². The normalized spacial score (nSPS) is 17.4. The van der Waals surface area contributed by atoms with Crippen molar-refractivity contribution in [1.29, 1.82) is 0 Å².